The molecular formula is C31H32N4O3S. The van der Waals surface area contributed by atoms with Crippen molar-refractivity contribution in [1.82, 2.24) is 20.2 Å². The average molecular weight is 541 g/mol. The quantitative estimate of drug-likeness (QED) is 0.315. The first-order valence-electron chi connectivity index (χ1n) is 13.2. The fourth-order valence-corrected chi connectivity index (χ4v) is 5.50. The molecule has 8 heteroatoms. The summed E-state index contributed by atoms with van der Waals surface area (Å²) in [5.74, 6) is 0.575. The Morgan fingerprint density at radius 1 is 1.10 bits per heavy atom. The summed E-state index contributed by atoms with van der Waals surface area (Å²) in [6.45, 7) is 5.34. The first-order chi connectivity index (χ1) is 19.0. The lowest BCUT2D eigenvalue weighted by atomic mass is 9.87. The third kappa shape index (κ3) is 6.34. The number of aromatic nitrogens is 2. The summed E-state index contributed by atoms with van der Waals surface area (Å²) >= 11 is 1.40. The smallest absolute Gasteiger partial charge is 0.270 e. The van der Waals surface area contributed by atoms with Gasteiger partial charge in [-0.2, -0.15) is 0 Å². The van der Waals surface area contributed by atoms with Gasteiger partial charge in [-0.25, -0.2) is 4.98 Å². The van der Waals surface area contributed by atoms with Crippen LogP contribution in [0.2, 0.25) is 0 Å². The van der Waals surface area contributed by atoms with Crippen LogP contribution in [0.5, 0.6) is 5.75 Å². The van der Waals surface area contributed by atoms with E-state index in [9.17, 15) is 9.59 Å². The van der Waals surface area contributed by atoms with Gasteiger partial charge in [-0.15, -0.1) is 11.3 Å². The maximum absolute atomic E-state index is 13.1. The molecule has 0 saturated heterocycles. The Morgan fingerprint density at radius 2 is 1.92 bits per heavy atom. The molecule has 1 atom stereocenters. The molecule has 0 radical (unpaired) electrons. The van der Waals surface area contributed by atoms with E-state index in [-0.39, 0.29) is 30.4 Å². The van der Waals surface area contributed by atoms with E-state index in [4.69, 9.17) is 4.74 Å². The predicted molar refractivity (Wildman–Crippen MR) is 152 cm³/mol. The Balaban J connectivity index is 1.26. The maximum Gasteiger partial charge on any atom is 0.270 e. The van der Waals surface area contributed by atoms with Crippen molar-refractivity contribution in [3.8, 4) is 5.75 Å². The molecule has 0 aliphatic carbocycles. The number of amides is 2. The van der Waals surface area contributed by atoms with Gasteiger partial charge in [0.05, 0.1) is 6.04 Å². The molecule has 1 aliphatic heterocycles. The third-order valence-electron chi connectivity index (χ3n) is 6.78. The number of ether oxygens (including phenoxy) is 1. The highest BCUT2D eigenvalue weighted by molar-refractivity contribution is 7.09. The zero-order valence-electron chi connectivity index (χ0n) is 22.2. The monoisotopic (exact) mass is 540 g/mol. The van der Waals surface area contributed by atoms with E-state index in [0.29, 0.717) is 31.0 Å². The van der Waals surface area contributed by atoms with Gasteiger partial charge in [-0.3, -0.25) is 14.6 Å². The fraction of sp³-hybridized carbons (Fsp3) is 0.290. The fourth-order valence-electron chi connectivity index (χ4n) is 4.81. The molecule has 200 valence electrons. The van der Waals surface area contributed by atoms with Crippen LogP contribution < -0.4 is 10.1 Å². The second kappa shape index (κ2) is 12.2. The second-order valence-electron chi connectivity index (χ2n) is 9.85. The number of nitrogens with one attached hydrogen (secondary N) is 1. The van der Waals surface area contributed by atoms with E-state index in [1.165, 1.54) is 16.9 Å². The number of benzene rings is 2. The number of carbonyl (C=O) groups excluding carboxylic acids is 2. The Labute approximate surface area is 232 Å². The Kier molecular flexibility index (Phi) is 8.32. The summed E-state index contributed by atoms with van der Waals surface area (Å²) in [7, 11) is 0. The van der Waals surface area contributed by atoms with Crippen LogP contribution in [-0.2, 0) is 24.2 Å². The largest absolute Gasteiger partial charge is 0.486 e. The molecule has 2 aromatic heterocycles. The van der Waals surface area contributed by atoms with Crippen molar-refractivity contribution < 1.29 is 14.3 Å². The molecule has 4 aromatic rings. The lowest BCUT2D eigenvalue weighted by molar-refractivity contribution is -0.136. The molecule has 1 aliphatic rings. The van der Waals surface area contributed by atoms with Gasteiger partial charge in [0.25, 0.3) is 5.91 Å². The number of hydrogen-bond acceptors (Lipinski definition) is 6. The van der Waals surface area contributed by atoms with Gasteiger partial charge in [0.1, 0.15) is 23.1 Å². The molecule has 0 saturated carbocycles. The van der Waals surface area contributed by atoms with Gasteiger partial charge in [-0.1, -0.05) is 56.3 Å². The number of nitrogens with zero attached hydrogens (tertiary/aromatic N) is 3. The molecule has 39 heavy (non-hydrogen) atoms. The van der Waals surface area contributed by atoms with Crippen LogP contribution in [0, 0.1) is 5.92 Å². The molecule has 0 spiro atoms. The highest BCUT2D eigenvalue weighted by Crippen LogP contribution is 2.38. The van der Waals surface area contributed by atoms with Crippen LogP contribution in [0.4, 0.5) is 0 Å². The van der Waals surface area contributed by atoms with Gasteiger partial charge in [0, 0.05) is 42.7 Å². The molecule has 0 bridgehead atoms. The zero-order valence-corrected chi connectivity index (χ0v) is 23.0. The topological polar surface area (TPSA) is 84.4 Å². The molecule has 5 rings (SSSR count). The summed E-state index contributed by atoms with van der Waals surface area (Å²) in [5.41, 5.74) is 4.72. The Bertz CT molecular complexity index is 1420. The van der Waals surface area contributed by atoms with Crippen molar-refractivity contribution in [2.75, 3.05) is 13.1 Å². The summed E-state index contributed by atoms with van der Waals surface area (Å²) in [4.78, 5) is 36.4. The highest BCUT2D eigenvalue weighted by Gasteiger charge is 2.33. The normalized spacial score (nSPS) is 14.6. The van der Waals surface area contributed by atoms with E-state index in [1.54, 1.807) is 11.6 Å². The van der Waals surface area contributed by atoms with Crippen molar-refractivity contribution in [3.05, 3.63) is 111 Å². The minimum Gasteiger partial charge on any atom is -0.486 e. The van der Waals surface area contributed by atoms with Crippen molar-refractivity contribution in [2.24, 2.45) is 5.92 Å². The maximum atomic E-state index is 13.1. The molecular weight excluding hydrogens is 508 g/mol. The minimum atomic E-state index is -0.206. The summed E-state index contributed by atoms with van der Waals surface area (Å²) < 4.78 is 6.12. The van der Waals surface area contributed by atoms with Crippen LogP contribution in [-0.4, -0.2) is 39.8 Å². The van der Waals surface area contributed by atoms with Gasteiger partial charge in [0.2, 0.25) is 5.91 Å². The van der Waals surface area contributed by atoms with Gasteiger partial charge in [-0.05, 0) is 47.4 Å². The molecule has 2 amide bonds. The van der Waals surface area contributed by atoms with Crippen molar-refractivity contribution in [2.45, 2.75) is 39.3 Å². The zero-order chi connectivity index (χ0) is 27.2. The first kappa shape index (κ1) is 26.6. The third-order valence-corrected chi connectivity index (χ3v) is 7.60. The number of thiazole rings is 1. The van der Waals surface area contributed by atoms with Crippen LogP contribution in [0.15, 0.2) is 78.3 Å². The van der Waals surface area contributed by atoms with Gasteiger partial charge >= 0.3 is 0 Å². The Hall–Kier alpha value is -4.04. The first-order valence-corrected chi connectivity index (χ1v) is 14.1. The van der Waals surface area contributed by atoms with Crippen LogP contribution in [0.1, 0.15) is 57.8 Å². The lowest BCUT2D eigenvalue weighted by Gasteiger charge is -2.39. The SMILES string of the molecule is CC(C)C(=O)N1CCc2ccc(OCc3nc(C(=O)NCCc4ccccn4)cs3)cc2C1c1ccccc1. The van der Waals surface area contributed by atoms with Gasteiger partial charge in [0.15, 0.2) is 0 Å². The standard InChI is InChI=1S/C31H32N4O3S/c1-21(2)31(37)35-17-14-22-11-12-25(18-26(22)29(35)23-8-4-3-5-9-23)38-19-28-34-27(20-39-28)30(36)33-16-13-24-10-6-7-15-32-24/h3-12,15,18,20-21,29H,13-14,16-17,19H2,1-2H3,(H,33,36). The predicted octanol–water partition coefficient (Wildman–Crippen LogP) is 5.22. The van der Waals surface area contributed by atoms with E-state index in [2.05, 4.69) is 33.5 Å². The van der Waals surface area contributed by atoms with E-state index in [1.807, 2.05) is 67.3 Å². The summed E-state index contributed by atoms with van der Waals surface area (Å²) in [5, 5.41) is 5.38. The molecule has 7 nitrogen and oxygen atoms in total. The highest BCUT2D eigenvalue weighted by atomic mass is 32.1. The van der Waals surface area contributed by atoms with Crippen molar-refractivity contribution in [1.29, 1.82) is 0 Å². The van der Waals surface area contributed by atoms with E-state index < -0.39 is 0 Å². The molecule has 3 heterocycles. The molecule has 1 unspecified atom stereocenters. The van der Waals surface area contributed by atoms with E-state index >= 15 is 0 Å². The van der Waals surface area contributed by atoms with Crippen LogP contribution in [0.3, 0.4) is 0 Å². The van der Waals surface area contributed by atoms with Crippen molar-refractivity contribution in [3.63, 3.8) is 0 Å². The molecule has 2 aromatic carbocycles. The molecule has 1 N–H and O–H groups in total. The second-order valence-corrected chi connectivity index (χ2v) is 10.8. The number of hydrogen-bond donors (Lipinski definition) is 1. The lowest BCUT2D eigenvalue weighted by Crippen LogP contribution is -2.42. The van der Waals surface area contributed by atoms with Crippen LogP contribution >= 0.6 is 11.3 Å². The van der Waals surface area contributed by atoms with Crippen LogP contribution in [0.25, 0.3) is 0 Å². The summed E-state index contributed by atoms with van der Waals surface area (Å²) in [6.07, 6.45) is 3.22. The number of rotatable bonds is 9. The Morgan fingerprint density at radius 3 is 2.69 bits per heavy atom. The van der Waals surface area contributed by atoms with Crippen molar-refractivity contribution >= 4 is 23.2 Å². The van der Waals surface area contributed by atoms with E-state index in [0.717, 1.165) is 28.2 Å². The summed E-state index contributed by atoms with van der Waals surface area (Å²) in [6, 6.07) is 21.9. The van der Waals surface area contributed by atoms with Gasteiger partial charge < -0.3 is 15.0 Å². The minimum absolute atomic E-state index is 0.0801. The number of carbonyl (C=O) groups is 2. The number of fused-ring (bicyclic) bond motifs is 1. The average Bonchev–Trinajstić information content (AvgIpc) is 3.45. The molecule has 0 fully saturated rings. The number of pyridine rings is 1.